The van der Waals surface area contributed by atoms with Crippen molar-refractivity contribution in [2.45, 2.75) is 44.2 Å². The highest BCUT2D eigenvalue weighted by atomic mass is 16.7. The van der Waals surface area contributed by atoms with Gasteiger partial charge in [-0.05, 0) is 18.2 Å². The van der Waals surface area contributed by atoms with Gasteiger partial charge in [-0.2, -0.15) is 0 Å². The molecule has 1 aliphatic rings. The Labute approximate surface area is 178 Å². The number of para-hydroxylation sites is 1. The van der Waals surface area contributed by atoms with Crippen LogP contribution in [-0.4, -0.2) is 64.6 Å². The van der Waals surface area contributed by atoms with Crippen molar-refractivity contribution < 1.29 is 43.9 Å². The van der Waals surface area contributed by atoms with Crippen LogP contribution in [0.5, 0.6) is 5.75 Å². The number of hydrogen-bond donors (Lipinski definition) is 3. The Bertz CT molecular complexity index is 886. The van der Waals surface area contributed by atoms with Gasteiger partial charge >= 0.3 is 11.9 Å². The summed E-state index contributed by atoms with van der Waals surface area (Å²) in [6.45, 7) is 0.771. The normalized spacial score (nSPS) is 25.5. The molecule has 2 aromatic rings. The number of esters is 2. The Hall–Kier alpha value is -2.98. The fourth-order valence-corrected chi connectivity index (χ4v) is 3.02. The second kappa shape index (κ2) is 10.4. The summed E-state index contributed by atoms with van der Waals surface area (Å²) in [4.78, 5) is 23.2. The number of aliphatic hydroxyl groups excluding tert-OH is 3. The molecule has 0 radical (unpaired) electrons. The Morgan fingerprint density at radius 3 is 2.29 bits per heavy atom. The van der Waals surface area contributed by atoms with Crippen molar-refractivity contribution in [2.24, 2.45) is 0 Å². The molecule has 1 fully saturated rings. The van der Waals surface area contributed by atoms with Crippen LogP contribution >= 0.6 is 0 Å². The highest BCUT2D eigenvalue weighted by Crippen LogP contribution is 2.27. The second-order valence-corrected chi connectivity index (χ2v) is 6.99. The van der Waals surface area contributed by atoms with Gasteiger partial charge in [0.25, 0.3) is 0 Å². The molecule has 1 aliphatic heterocycles. The van der Waals surface area contributed by atoms with E-state index >= 15 is 0 Å². The van der Waals surface area contributed by atoms with Crippen LogP contribution in [0.15, 0.2) is 54.6 Å². The number of aliphatic hydroxyl groups is 3. The van der Waals surface area contributed by atoms with Gasteiger partial charge in [-0.25, -0.2) is 4.79 Å². The first-order chi connectivity index (χ1) is 14.9. The minimum Gasteiger partial charge on any atom is -0.463 e. The van der Waals surface area contributed by atoms with Crippen molar-refractivity contribution in [3.8, 4) is 5.75 Å². The number of ether oxygens (including phenoxy) is 4. The Kier molecular flexibility index (Phi) is 7.59. The van der Waals surface area contributed by atoms with Gasteiger partial charge in [0.2, 0.25) is 6.29 Å². The molecular formula is C22H24O9. The van der Waals surface area contributed by atoms with E-state index < -0.39 is 42.6 Å². The Balaban J connectivity index is 1.68. The SMILES string of the molecule is CC(=O)OC[C@@H]1O[C@@H](Oc2ccccc2COC(=O)c2ccccc2)[C@H](O)[C@@H](O)[C@@H]1O. The van der Waals surface area contributed by atoms with Gasteiger partial charge in [0, 0.05) is 12.5 Å². The van der Waals surface area contributed by atoms with Crippen molar-refractivity contribution in [1.29, 1.82) is 0 Å². The topological polar surface area (TPSA) is 132 Å². The Morgan fingerprint density at radius 1 is 0.903 bits per heavy atom. The molecule has 166 valence electrons. The molecule has 0 unspecified atom stereocenters. The van der Waals surface area contributed by atoms with Gasteiger partial charge in [-0.3, -0.25) is 4.79 Å². The maximum absolute atomic E-state index is 12.2. The third kappa shape index (κ3) is 5.80. The van der Waals surface area contributed by atoms with Crippen molar-refractivity contribution >= 4 is 11.9 Å². The van der Waals surface area contributed by atoms with Crippen LogP contribution in [0.25, 0.3) is 0 Å². The first kappa shape index (κ1) is 22.7. The highest BCUT2D eigenvalue weighted by Gasteiger charge is 2.45. The van der Waals surface area contributed by atoms with Gasteiger partial charge < -0.3 is 34.3 Å². The summed E-state index contributed by atoms with van der Waals surface area (Å²) in [5.74, 6) is -0.842. The lowest BCUT2D eigenvalue weighted by Gasteiger charge is -2.40. The van der Waals surface area contributed by atoms with E-state index in [4.69, 9.17) is 18.9 Å². The summed E-state index contributed by atoms with van der Waals surface area (Å²) >= 11 is 0. The zero-order valence-corrected chi connectivity index (χ0v) is 16.8. The third-order valence-electron chi connectivity index (χ3n) is 4.70. The minimum absolute atomic E-state index is 0.102. The lowest BCUT2D eigenvalue weighted by Crippen LogP contribution is -2.60. The fourth-order valence-electron chi connectivity index (χ4n) is 3.02. The molecule has 0 bridgehead atoms. The van der Waals surface area contributed by atoms with Gasteiger partial charge in [0.05, 0.1) is 5.56 Å². The Morgan fingerprint density at radius 2 is 1.58 bits per heavy atom. The molecule has 1 saturated heterocycles. The number of rotatable bonds is 7. The molecule has 0 aliphatic carbocycles. The maximum Gasteiger partial charge on any atom is 0.338 e. The zero-order valence-electron chi connectivity index (χ0n) is 16.8. The molecule has 0 saturated carbocycles. The average molecular weight is 432 g/mol. The molecule has 3 N–H and O–H groups in total. The van der Waals surface area contributed by atoms with Crippen molar-refractivity contribution in [1.82, 2.24) is 0 Å². The molecule has 9 nitrogen and oxygen atoms in total. The molecule has 5 atom stereocenters. The molecule has 1 heterocycles. The smallest absolute Gasteiger partial charge is 0.338 e. The van der Waals surface area contributed by atoms with Crippen LogP contribution in [0.1, 0.15) is 22.8 Å². The minimum atomic E-state index is -1.58. The van der Waals surface area contributed by atoms with Crippen LogP contribution < -0.4 is 4.74 Å². The number of hydrogen-bond acceptors (Lipinski definition) is 9. The van der Waals surface area contributed by atoms with Crippen molar-refractivity contribution in [3.63, 3.8) is 0 Å². The molecule has 31 heavy (non-hydrogen) atoms. The predicted molar refractivity (Wildman–Crippen MR) is 106 cm³/mol. The fraction of sp³-hybridized carbons (Fsp3) is 0.364. The molecule has 0 amide bonds. The third-order valence-corrected chi connectivity index (χ3v) is 4.70. The lowest BCUT2D eigenvalue weighted by atomic mass is 9.99. The summed E-state index contributed by atoms with van der Waals surface area (Å²) in [5, 5.41) is 30.5. The quantitative estimate of drug-likeness (QED) is 0.543. The first-order valence-corrected chi connectivity index (χ1v) is 9.66. The molecule has 3 rings (SSSR count). The number of benzene rings is 2. The molecule has 9 heteroatoms. The zero-order chi connectivity index (χ0) is 22.4. The summed E-state index contributed by atoms with van der Waals surface area (Å²) in [6, 6.07) is 15.1. The van der Waals surface area contributed by atoms with Gasteiger partial charge in [-0.1, -0.05) is 36.4 Å². The molecular weight excluding hydrogens is 408 g/mol. The summed E-state index contributed by atoms with van der Waals surface area (Å²) in [7, 11) is 0. The maximum atomic E-state index is 12.2. The first-order valence-electron chi connectivity index (χ1n) is 9.66. The summed E-state index contributed by atoms with van der Waals surface area (Å²) in [5.41, 5.74) is 0.900. The largest absolute Gasteiger partial charge is 0.463 e. The average Bonchev–Trinajstić information content (AvgIpc) is 2.78. The van der Waals surface area contributed by atoms with Crippen LogP contribution in [0.3, 0.4) is 0 Å². The van der Waals surface area contributed by atoms with Crippen molar-refractivity contribution in [3.05, 3.63) is 65.7 Å². The van der Waals surface area contributed by atoms with Crippen LogP contribution in [0.2, 0.25) is 0 Å². The molecule has 0 aromatic heterocycles. The number of carbonyl (C=O) groups is 2. The lowest BCUT2D eigenvalue weighted by molar-refractivity contribution is -0.278. The van der Waals surface area contributed by atoms with E-state index in [1.807, 2.05) is 0 Å². The number of carbonyl (C=O) groups excluding carboxylic acids is 2. The van der Waals surface area contributed by atoms with E-state index in [1.54, 1.807) is 54.6 Å². The van der Waals surface area contributed by atoms with E-state index in [0.717, 1.165) is 0 Å². The van der Waals surface area contributed by atoms with Crippen LogP contribution in [-0.2, 0) is 25.6 Å². The van der Waals surface area contributed by atoms with Crippen molar-refractivity contribution in [2.75, 3.05) is 6.61 Å². The predicted octanol–water partition coefficient (Wildman–Crippen LogP) is 0.793. The van der Waals surface area contributed by atoms with E-state index in [1.165, 1.54) is 6.92 Å². The second-order valence-electron chi connectivity index (χ2n) is 6.99. The highest BCUT2D eigenvalue weighted by molar-refractivity contribution is 5.89. The summed E-state index contributed by atoms with van der Waals surface area (Å²) < 4.78 is 21.4. The standard InChI is InChI=1S/C22H24O9/c1-13(23)28-12-17-18(24)19(25)20(26)22(31-17)30-16-10-6-5-9-15(16)11-29-21(27)14-7-3-2-4-8-14/h2-10,17-20,22,24-26H,11-12H2,1H3/t17-,18+,19-,20+,22+/m0/s1. The summed E-state index contributed by atoms with van der Waals surface area (Å²) in [6.07, 6.45) is -7.08. The van der Waals surface area contributed by atoms with Crippen LogP contribution in [0, 0.1) is 0 Å². The van der Waals surface area contributed by atoms with Crippen LogP contribution in [0.4, 0.5) is 0 Å². The monoisotopic (exact) mass is 432 g/mol. The van der Waals surface area contributed by atoms with E-state index in [-0.39, 0.29) is 19.0 Å². The van der Waals surface area contributed by atoms with E-state index in [9.17, 15) is 24.9 Å². The van der Waals surface area contributed by atoms with E-state index in [0.29, 0.717) is 11.1 Å². The van der Waals surface area contributed by atoms with Gasteiger partial charge in [0.15, 0.2) is 0 Å². The van der Waals surface area contributed by atoms with Gasteiger partial charge in [-0.15, -0.1) is 0 Å². The molecule has 2 aromatic carbocycles. The molecule has 0 spiro atoms. The van der Waals surface area contributed by atoms with E-state index in [2.05, 4.69) is 0 Å². The van der Waals surface area contributed by atoms with Gasteiger partial charge in [0.1, 0.15) is 43.4 Å².